The van der Waals surface area contributed by atoms with Crippen LogP contribution in [-0.2, 0) is 4.79 Å². The Labute approximate surface area is 146 Å². The van der Waals surface area contributed by atoms with Crippen LogP contribution in [0.2, 0.25) is 0 Å². The molecule has 0 spiro atoms. The molecule has 6 nitrogen and oxygen atoms in total. The van der Waals surface area contributed by atoms with Gasteiger partial charge in [0, 0.05) is 46.5 Å². The number of hydrogen-bond donors (Lipinski definition) is 1. The van der Waals surface area contributed by atoms with Crippen molar-refractivity contribution >= 4 is 17.8 Å². The van der Waals surface area contributed by atoms with E-state index in [1.165, 1.54) is 6.08 Å². The Morgan fingerprint density at radius 3 is 2.21 bits per heavy atom. The normalized spacial score (nSPS) is 14.3. The number of likely N-dealkylation sites (N-methyl/N-ethyl adjacent to an activating group) is 1. The first-order valence-corrected chi connectivity index (χ1v) is 8.54. The van der Waals surface area contributed by atoms with E-state index in [1.54, 1.807) is 17.3 Å². The minimum atomic E-state index is 0.728. The molecule has 0 unspecified atom stereocenters. The predicted molar refractivity (Wildman–Crippen MR) is 103 cm³/mol. The second-order valence-electron chi connectivity index (χ2n) is 5.31. The lowest BCUT2D eigenvalue weighted by Crippen LogP contribution is -2.46. The van der Waals surface area contributed by atoms with E-state index in [0.717, 1.165) is 50.5 Å². The lowest BCUT2D eigenvalue weighted by molar-refractivity contribution is -0.104. The number of carbonyl (C=O) groups is 1. The highest BCUT2D eigenvalue weighted by Crippen LogP contribution is 2.14. The van der Waals surface area contributed by atoms with Gasteiger partial charge in [0.25, 0.3) is 0 Å². The van der Waals surface area contributed by atoms with E-state index in [2.05, 4.69) is 21.7 Å². The summed E-state index contributed by atoms with van der Waals surface area (Å²) in [6.45, 7) is 11.7. The fourth-order valence-corrected chi connectivity index (χ4v) is 2.09. The van der Waals surface area contributed by atoms with E-state index >= 15 is 0 Å². The van der Waals surface area contributed by atoms with Gasteiger partial charge in [-0.2, -0.15) is 0 Å². The van der Waals surface area contributed by atoms with E-state index in [4.69, 9.17) is 5.73 Å². The summed E-state index contributed by atoms with van der Waals surface area (Å²) < 4.78 is 0. The zero-order chi connectivity index (χ0) is 18.4. The summed E-state index contributed by atoms with van der Waals surface area (Å²) in [6, 6.07) is 3.91. The second-order valence-corrected chi connectivity index (χ2v) is 5.31. The molecule has 2 N–H and O–H groups in total. The van der Waals surface area contributed by atoms with Gasteiger partial charge in [-0.05, 0) is 24.8 Å². The van der Waals surface area contributed by atoms with E-state index in [0.29, 0.717) is 0 Å². The van der Waals surface area contributed by atoms with Gasteiger partial charge in [-0.3, -0.25) is 4.79 Å². The molecule has 24 heavy (non-hydrogen) atoms. The lowest BCUT2D eigenvalue weighted by atomic mass is 10.3. The monoisotopic (exact) mass is 335 g/mol. The number of aromatic nitrogens is 1. The van der Waals surface area contributed by atoms with Crippen LogP contribution in [0.1, 0.15) is 20.8 Å². The van der Waals surface area contributed by atoms with E-state index in [-0.39, 0.29) is 0 Å². The SMILES string of the molecule is CC.CCN1CCN(c2ccc(N)cn2)CC1.CN(C)/C=C\C=O. The fourth-order valence-electron chi connectivity index (χ4n) is 2.09. The lowest BCUT2D eigenvalue weighted by Gasteiger charge is -2.34. The number of carbonyl (C=O) groups excluding carboxylic acids is 1. The number of hydrogen-bond acceptors (Lipinski definition) is 6. The van der Waals surface area contributed by atoms with Crippen molar-refractivity contribution in [3.05, 3.63) is 30.6 Å². The molecule has 0 radical (unpaired) electrons. The molecule has 0 aliphatic carbocycles. The molecule has 0 aromatic carbocycles. The van der Waals surface area contributed by atoms with Crippen LogP contribution in [0.15, 0.2) is 30.6 Å². The number of anilines is 2. The van der Waals surface area contributed by atoms with E-state index < -0.39 is 0 Å². The average molecular weight is 335 g/mol. The Bertz CT molecular complexity index is 451. The second kappa shape index (κ2) is 13.4. The summed E-state index contributed by atoms with van der Waals surface area (Å²) >= 11 is 0. The minimum absolute atomic E-state index is 0.728. The van der Waals surface area contributed by atoms with Crippen molar-refractivity contribution in [3.63, 3.8) is 0 Å². The molecular formula is C18H33N5O. The maximum Gasteiger partial charge on any atom is 0.144 e. The van der Waals surface area contributed by atoms with Crippen molar-refractivity contribution in [2.45, 2.75) is 20.8 Å². The Morgan fingerprint density at radius 2 is 1.83 bits per heavy atom. The molecule has 1 aromatic heterocycles. The topological polar surface area (TPSA) is 65.7 Å². The van der Waals surface area contributed by atoms with Crippen molar-refractivity contribution in [2.75, 3.05) is 57.5 Å². The van der Waals surface area contributed by atoms with Crippen molar-refractivity contribution in [2.24, 2.45) is 0 Å². The van der Waals surface area contributed by atoms with Crippen LogP contribution in [-0.4, -0.2) is 67.9 Å². The molecule has 0 bridgehead atoms. The average Bonchev–Trinajstić information content (AvgIpc) is 2.63. The largest absolute Gasteiger partial charge is 0.397 e. The number of allylic oxidation sites excluding steroid dienone is 1. The van der Waals surface area contributed by atoms with Crippen LogP contribution < -0.4 is 10.6 Å². The molecule has 2 rings (SSSR count). The van der Waals surface area contributed by atoms with E-state index in [1.807, 2.05) is 40.1 Å². The quantitative estimate of drug-likeness (QED) is 0.671. The summed E-state index contributed by atoms with van der Waals surface area (Å²) in [5.74, 6) is 1.04. The minimum Gasteiger partial charge on any atom is -0.397 e. The summed E-state index contributed by atoms with van der Waals surface area (Å²) in [7, 11) is 3.72. The summed E-state index contributed by atoms with van der Waals surface area (Å²) in [5, 5.41) is 0. The highest BCUT2D eigenvalue weighted by atomic mass is 16.1. The van der Waals surface area contributed by atoms with Gasteiger partial charge in [0.2, 0.25) is 0 Å². The predicted octanol–water partition coefficient (Wildman–Crippen LogP) is 2.09. The number of nitrogen functional groups attached to an aromatic ring is 1. The standard InChI is InChI=1S/C11H18N4.C5H9NO.C2H6/c1-2-14-5-7-15(8-6-14)11-4-3-10(12)9-13-11;1-6(2)4-3-5-7;1-2/h3-4,9H,2,5-8,12H2,1H3;3-5H,1-2H3;1-2H3/b;4-3-;. The zero-order valence-corrected chi connectivity index (χ0v) is 15.8. The zero-order valence-electron chi connectivity index (χ0n) is 15.8. The highest BCUT2D eigenvalue weighted by molar-refractivity contribution is 5.64. The smallest absolute Gasteiger partial charge is 0.144 e. The first-order valence-electron chi connectivity index (χ1n) is 8.54. The van der Waals surface area contributed by atoms with Crippen molar-refractivity contribution in [1.29, 1.82) is 0 Å². The van der Waals surface area contributed by atoms with Crippen LogP contribution in [0.25, 0.3) is 0 Å². The molecule has 1 aliphatic rings. The molecule has 1 saturated heterocycles. The summed E-state index contributed by atoms with van der Waals surface area (Å²) in [4.78, 5) is 20.5. The van der Waals surface area contributed by atoms with Crippen LogP contribution in [0.3, 0.4) is 0 Å². The molecule has 1 aliphatic heterocycles. The molecule has 136 valence electrons. The third-order valence-electron chi connectivity index (χ3n) is 3.38. The molecule has 1 fully saturated rings. The Morgan fingerprint density at radius 1 is 1.21 bits per heavy atom. The Kier molecular flexibility index (Phi) is 12.2. The van der Waals surface area contributed by atoms with Gasteiger partial charge in [0.05, 0.1) is 11.9 Å². The Hall–Kier alpha value is -2.08. The fraction of sp³-hybridized carbons (Fsp3) is 0.556. The molecule has 6 heteroatoms. The molecular weight excluding hydrogens is 302 g/mol. The van der Waals surface area contributed by atoms with Crippen LogP contribution in [0.4, 0.5) is 11.5 Å². The third-order valence-corrected chi connectivity index (χ3v) is 3.38. The summed E-state index contributed by atoms with van der Waals surface area (Å²) in [5.41, 5.74) is 6.34. The number of aldehydes is 1. The first kappa shape index (κ1) is 21.9. The number of pyridine rings is 1. The van der Waals surface area contributed by atoms with Gasteiger partial charge in [-0.15, -0.1) is 0 Å². The molecule has 0 amide bonds. The number of nitrogens with two attached hydrogens (primary N) is 1. The third kappa shape index (κ3) is 9.15. The van der Waals surface area contributed by atoms with Crippen LogP contribution in [0.5, 0.6) is 0 Å². The van der Waals surface area contributed by atoms with Crippen molar-refractivity contribution in [3.8, 4) is 0 Å². The molecule has 0 atom stereocenters. The highest BCUT2D eigenvalue weighted by Gasteiger charge is 2.16. The van der Waals surface area contributed by atoms with Gasteiger partial charge < -0.3 is 20.4 Å². The maximum absolute atomic E-state index is 9.60. The molecule has 2 heterocycles. The van der Waals surface area contributed by atoms with Gasteiger partial charge in [0.1, 0.15) is 12.1 Å². The van der Waals surface area contributed by atoms with Crippen LogP contribution >= 0.6 is 0 Å². The van der Waals surface area contributed by atoms with Crippen molar-refractivity contribution < 1.29 is 4.79 Å². The molecule has 1 aromatic rings. The number of rotatable bonds is 4. The number of piperazine rings is 1. The van der Waals surface area contributed by atoms with Gasteiger partial charge in [0.15, 0.2) is 0 Å². The van der Waals surface area contributed by atoms with Gasteiger partial charge in [-0.1, -0.05) is 20.8 Å². The van der Waals surface area contributed by atoms with Crippen molar-refractivity contribution in [1.82, 2.24) is 14.8 Å². The van der Waals surface area contributed by atoms with Gasteiger partial charge >= 0.3 is 0 Å². The summed E-state index contributed by atoms with van der Waals surface area (Å²) in [6.07, 6.45) is 5.61. The maximum atomic E-state index is 9.60. The van der Waals surface area contributed by atoms with E-state index in [9.17, 15) is 4.79 Å². The van der Waals surface area contributed by atoms with Crippen LogP contribution in [0, 0.1) is 0 Å². The first-order chi connectivity index (χ1) is 11.6. The van der Waals surface area contributed by atoms with Gasteiger partial charge in [-0.25, -0.2) is 4.98 Å². The Balaban J connectivity index is 0.000000501. The number of nitrogens with zero attached hydrogens (tertiary/aromatic N) is 4. The molecule has 0 saturated carbocycles.